The molecule has 1 saturated heterocycles. The number of furan rings is 1. The van der Waals surface area contributed by atoms with Gasteiger partial charge in [-0.25, -0.2) is 0 Å². The maximum Gasteiger partial charge on any atom is 0.320 e. The fourth-order valence-electron chi connectivity index (χ4n) is 3.96. The molecular weight excluding hydrogens is 314 g/mol. The van der Waals surface area contributed by atoms with Crippen molar-refractivity contribution in [2.45, 2.75) is 31.3 Å². The normalized spacial score (nSPS) is 19.8. The Morgan fingerprint density at radius 2 is 1.92 bits per heavy atom. The van der Waals surface area contributed by atoms with Gasteiger partial charge in [-0.05, 0) is 41.3 Å². The Labute approximate surface area is 146 Å². The van der Waals surface area contributed by atoms with Crippen LogP contribution in [0.4, 0.5) is 0 Å². The van der Waals surface area contributed by atoms with Crippen LogP contribution in [-0.2, 0) is 4.79 Å². The molecule has 0 bridgehead atoms. The molecule has 0 radical (unpaired) electrons. The number of benzene rings is 2. The molecule has 1 fully saturated rings. The molecule has 0 spiro atoms. The second-order valence-electron chi connectivity index (χ2n) is 6.57. The highest BCUT2D eigenvalue weighted by Gasteiger charge is 2.36. The van der Waals surface area contributed by atoms with Crippen molar-refractivity contribution in [3.8, 4) is 0 Å². The molecule has 4 heteroatoms. The number of aliphatic carboxylic acids is 1. The predicted octanol–water partition coefficient (Wildman–Crippen LogP) is 4.46. The van der Waals surface area contributed by atoms with Gasteiger partial charge >= 0.3 is 5.97 Å². The zero-order valence-electron chi connectivity index (χ0n) is 14.0. The third-order valence-corrected chi connectivity index (χ3v) is 5.09. The number of nitrogens with zero attached hydrogens (tertiary/aromatic N) is 1. The Balaban J connectivity index is 1.88. The molecule has 0 amide bonds. The fraction of sp³-hybridized carbons (Fsp3) is 0.286. The van der Waals surface area contributed by atoms with Crippen molar-refractivity contribution < 1.29 is 14.3 Å². The molecule has 1 N–H and O–H groups in total. The summed E-state index contributed by atoms with van der Waals surface area (Å²) in [5.74, 6) is 0.0426. The second-order valence-corrected chi connectivity index (χ2v) is 6.57. The van der Waals surface area contributed by atoms with E-state index in [1.54, 1.807) is 6.26 Å². The monoisotopic (exact) mass is 335 g/mol. The summed E-state index contributed by atoms with van der Waals surface area (Å²) < 4.78 is 5.75. The van der Waals surface area contributed by atoms with E-state index in [1.165, 1.54) is 0 Å². The number of carboxylic acids is 1. The second kappa shape index (κ2) is 6.73. The minimum absolute atomic E-state index is 0.192. The summed E-state index contributed by atoms with van der Waals surface area (Å²) in [5, 5.41) is 12.0. The molecule has 4 rings (SSSR count). The first kappa shape index (κ1) is 15.9. The highest BCUT2D eigenvalue weighted by Crippen LogP contribution is 2.37. The van der Waals surface area contributed by atoms with Gasteiger partial charge in [-0.3, -0.25) is 9.69 Å². The van der Waals surface area contributed by atoms with Crippen molar-refractivity contribution in [3.05, 3.63) is 72.2 Å². The van der Waals surface area contributed by atoms with Crippen LogP contribution in [-0.4, -0.2) is 28.6 Å². The van der Waals surface area contributed by atoms with Crippen LogP contribution in [0.3, 0.4) is 0 Å². The first-order chi connectivity index (χ1) is 12.3. The lowest BCUT2D eigenvalue weighted by Crippen LogP contribution is -2.46. The number of fused-ring (bicyclic) bond motifs is 1. The summed E-state index contributed by atoms with van der Waals surface area (Å²) in [6, 6.07) is 17.6. The smallest absolute Gasteiger partial charge is 0.320 e. The largest absolute Gasteiger partial charge is 0.480 e. The number of piperidine rings is 1. The minimum atomic E-state index is -0.753. The van der Waals surface area contributed by atoms with Crippen LogP contribution in [0, 0.1) is 0 Å². The number of carboxylic acid groups (broad SMARTS) is 1. The van der Waals surface area contributed by atoms with Crippen molar-refractivity contribution in [2.24, 2.45) is 0 Å². The van der Waals surface area contributed by atoms with E-state index in [0.29, 0.717) is 6.42 Å². The Hall–Kier alpha value is -2.59. The highest BCUT2D eigenvalue weighted by atomic mass is 16.4. The maximum atomic E-state index is 11.9. The van der Waals surface area contributed by atoms with E-state index in [2.05, 4.69) is 29.2 Å². The van der Waals surface area contributed by atoms with Gasteiger partial charge in [0.1, 0.15) is 11.8 Å². The minimum Gasteiger partial charge on any atom is -0.480 e. The molecule has 0 saturated carbocycles. The molecular formula is C21H21NO3. The Morgan fingerprint density at radius 1 is 1.08 bits per heavy atom. The van der Waals surface area contributed by atoms with Crippen LogP contribution in [0.2, 0.25) is 0 Å². The van der Waals surface area contributed by atoms with Gasteiger partial charge in [0.15, 0.2) is 0 Å². The third-order valence-electron chi connectivity index (χ3n) is 5.09. The molecule has 2 aromatic carbocycles. The lowest BCUT2D eigenvalue weighted by Gasteiger charge is -2.38. The highest BCUT2D eigenvalue weighted by molar-refractivity contribution is 5.86. The van der Waals surface area contributed by atoms with Crippen molar-refractivity contribution in [3.63, 3.8) is 0 Å². The lowest BCUT2D eigenvalue weighted by molar-refractivity contribution is -0.145. The summed E-state index contributed by atoms with van der Waals surface area (Å²) in [4.78, 5) is 14.0. The van der Waals surface area contributed by atoms with E-state index < -0.39 is 12.0 Å². The van der Waals surface area contributed by atoms with Gasteiger partial charge in [-0.1, -0.05) is 48.9 Å². The van der Waals surface area contributed by atoms with Crippen LogP contribution >= 0.6 is 0 Å². The average molecular weight is 335 g/mol. The third kappa shape index (κ3) is 2.94. The Kier molecular flexibility index (Phi) is 4.28. The van der Waals surface area contributed by atoms with E-state index in [9.17, 15) is 9.90 Å². The number of carbonyl (C=O) groups is 1. The van der Waals surface area contributed by atoms with E-state index in [1.807, 2.05) is 30.3 Å². The van der Waals surface area contributed by atoms with E-state index in [-0.39, 0.29) is 6.04 Å². The van der Waals surface area contributed by atoms with Gasteiger partial charge in [0.05, 0.1) is 12.3 Å². The van der Waals surface area contributed by atoms with Crippen LogP contribution in [0.1, 0.15) is 36.6 Å². The van der Waals surface area contributed by atoms with Crippen LogP contribution in [0.25, 0.3) is 10.8 Å². The van der Waals surface area contributed by atoms with Gasteiger partial charge in [0, 0.05) is 6.54 Å². The summed E-state index contributed by atoms with van der Waals surface area (Å²) in [5.41, 5.74) is 1.10. The van der Waals surface area contributed by atoms with E-state index in [0.717, 1.165) is 41.5 Å². The molecule has 1 aliphatic rings. The Bertz CT molecular complexity index is 866. The van der Waals surface area contributed by atoms with Gasteiger partial charge in [-0.2, -0.15) is 0 Å². The van der Waals surface area contributed by atoms with Crippen molar-refractivity contribution in [1.82, 2.24) is 4.90 Å². The molecule has 2 unspecified atom stereocenters. The fourth-order valence-corrected chi connectivity index (χ4v) is 3.96. The number of hydrogen-bond acceptors (Lipinski definition) is 3. The molecule has 25 heavy (non-hydrogen) atoms. The van der Waals surface area contributed by atoms with Crippen LogP contribution in [0.15, 0.2) is 65.3 Å². The molecule has 1 aliphatic heterocycles. The van der Waals surface area contributed by atoms with Gasteiger partial charge in [0.2, 0.25) is 0 Å². The predicted molar refractivity (Wildman–Crippen MR) is 96.5 cm³/mol. The Morgan fingerprint density at radius 3 is 2.72 bits per heavy atom. The number of likely N-dealkylation sites (tertiary alicyclic amines) is 1. The molecule has 3 aromatic rings. The SMILES string of the molecule is O=C(O)C1CCCCN1C(c1ccco1)c1cccc2ccccc12. The molecule has 0 aliphatic carbocycles. The average Bonchev–Trinajstić information content (AvgIpc) is 3.17. The maximum absolute atomic E-state index is 11.9. The first-order valence-corrected chi connectivity index (χ1v) is 8.75. The summed E-state index contributed by atoms with van der Waals surface area (Å²) in [7, 11) is 0. The van der Waals surface area contributed by atoms with Gasteiger partial charge in [-0.15, -0.1) is 0 Å². The van der Waals surface area contributed by atoms with E-state index in [4.69, 9.17) is 4.42 Å². The summed E-state index contributed by atoms with van der Waals surface area (Å²) >= 11 is 0. The summed E-state index contributed by atoms with van der Waals surface area (Å²) in [6.45, 7) is 0.756. The van der Waals surface area contributed by atoms with Crippen molar-refractivity contribution >= 4 is 16.7 Å². The topological polar surface area (TPSA) is 53.7 Å². The standard InChI is InChI=1S/C21H21NO3/c23-21(24)18-11-3-4-13-22(18)20(19-12-6-14-25-19)17-10-5-8-15-7-1-2-9-16(15)17/h1-2,5-10,12,14,18,20H,3-4,11,13H2,(H,23,24). The lowest BCUT2D eigenvalue weighted by atomic mass is 9.92. The van der Waals surface area contributed by atoms with Gasteiger partial charge < -0.3 is 9.52 Å². The zero-order chi connectivity index (χ0) is 17.2. The zero-order valence-corrected chi connectivity index (χ0v) is 14.0. The molecule has 128 valence electrons. The van der Waals surface area contributed by atoms with E-state index >= 15 is 0 Å². The molecule has 1 aromatic heterocycles. The molecule has 2 heterocycles. The van der Waals surface area contributed by atoms with Crippen molar-refractivity contribution in [2.75, 3.05) is 6.54 Å². The van der Waals surface area contributed by atoms with Crippen LogP contribution < -0.4 is 0 Å². The first-order valence-electron chi connectivity index (χ1n) is 8.75. The van der Waals surface area contributed by atoms with Crippen LogP contribution in [0.5, 0.6) is 0 Å². The molecule has 4 nitrogen and oxygen atoms in total. The quantitative estimate of drug-likeness (QED) is 0.765. The van der Waals surface area contributed by atoms with Gasteiger partial charge in [0.25, 0.3) is 0 Å². The summed E-state index contributed by atoms with van der Waals surface area (Å²) in [6.07, 6.45) is 4.30. The number of hydrogen-bond donors (Lipinski definition) is 1. The number of rotatable bonds is 4. The molecule has 2 atom stereocenters. The van der Waals surface area contributed by atoms with Crippen molar-refractivity contribution in [1.29, 1.82) is 0 Å².